The summed E-state index contributed by atoms with van der Waals surface area (Å²) in [7, 11) is 0. The molecule has 3 heterocycles. The van der Waals surface area contributed by atoms with Crippen LogP contribution in [0.4, 0.5) is 5.95 Å². The molecule has 31 heavy (non-hydrogen) atoms. The first kappa shape index (κ1) is 20.6. The molecule has 2 aliphatic rings. The number of nitrogens with one attached hydrogen (secondary N) is 1. The van der Waals surface area contributed by atoms with Crippen LogP contribution in [-0.2, 0) is 12.8 Å². The van der Waals surface area contributed by atoms with Crippen LogP contribution in [-0.4, -0.2) is 50.9 Å². The molecule has 10 heteroatoms. The third-order valence-corrected chi connectivity index (χ3v) is 6.67. The minimum atomic E-state index is -0.604. The van der Waals surface area contributed by atoms with Gasteiger partial charge in [-0.1, -0.05) is 0 Å². The molecule has 3 aromatic heterocycles. The Morgan fingerprint density at radius 3 is 2.52 bits per heavy atom. The van der Waals surface area contributed by atoms with Crippen molar-refractivity contribution in [2.45, 2.75) is 82.0 Å². The summed E-state index contributed by atoms with van der Waals surface area (Å²) in [6.07, 6.45) is 7.38. The third kappa shape index (κ3) is 4.11. The number of fused-ring (bicyclic) bond motifs is 2. The van der Waals surface area contributed by atoms with E-state index in [-0.39, 0.29) is 11.2 Å². The number of aliphatic hydroxyl groups is 1. The molecule has 3 N–H and O–H groups in total. The van der Waals surface area contributed by atoms with E-state index in [2.05, 4.69) is 15.3 Å². The van der Waals surface area contributed by atoms with Crippen molar-refractivity contribution in [2.24, 2.45) is 0 Å². The molecule has 0 aliphatic heterocycles. The fourth-order valence-corrected chi connectivity index (χ4v) is 4.77. The van der Waals surface area contributed by atoms with Crippen molar-refractivity contribution in [3.8, 4) is 11.4 Å². The van der Waals surface area contributed by atoms with Crippen LogP contribution in [0.3, 0.4) is 0 Å². The molecule has 2 aliphatic carbocycles. The van der Waals surface area contributed by atoms with Gasteiger partial charge in [0.1, 0.15) is 11.4 Å². The lowest BCUT2D eigenvalue weighted by molar-refractivity contribution is 0.0195. The standard InChI is InChI=1S/C21H27N7O2S/c1-12-18(24-15-6-4-3-5-14(15)22-12)16-11-17-25-20(31-30)26-19(28(17)27-16)23-13-7-9-21(2,29)10-8-13/h11,13,29-30H,3-10H2,1-2H3,(H,23,25,26). The predicted molar refractivity (Wildman–Crippen MR) is 118 cm³/mol. The maximum atomic E-state index is 10.2. The Morgan fingerprint density at radius 1 is 1.10 bits per heavy atom. The maximum Gasteiger partial charge on any atom is 0.228 e. The first-order chi connectivity index (χ1) is 14.9. The topological polar surface area (TPSA) is 121 Å². The minimum absolute atomic E-state index is 0.174. The highest BCUT2D eigenvalue weighted by atomic mass is 32.2. The number of hydrogen-bond acceptors (Lipinski definition) is 9. The van der Waals surface area contributed by atoms with Crippen LogP contribution in [0.25, 0.3) is 17.0 Å². The van der Waals surface area contributed by atoms with Gasteiger partial charge in [0.25, 0.3) is 0 Å². The maximum absolute atomic E-state index is 10.2. The molecule has 0 amide bonds. The number of anilines is 1. The van der Waals surface area contributed by atoms with E-state index in [9.17, 15) is 9.66 Å². The molecular weight excluding hydrogens is 414 g/mol. The quantitative estimate of drug-likeness (QED) is 0.523. The lowest BCUT2D eigenvalue weighted by atomic mass is 9.84. The molecule has 0 unspecified atom stereocenters. The molecule has 164 valence electrons. The molecule has 1 saturated carbocycles. The second-order valence-electron chi connectivity index (χ2n) is 8.89. The van der Waals surface area contributed by atoms with E-state index in [1.54, 1.807) is 4.52 Å². The summed E-state index contributed by atoms with van der Waals surface area (Å²) < 4.78 is 11.2. The van der Waals surface area contributed by atoms with E-state index in [1.807, 2.05) is 19.9 Å². The Morgan fingerprint density at radius 2 is 1.81 bits per heavy atom. The van der Waals surface area contributed by atoms with Crippen LogP contribution in [0.5, 0.6) is 0 Å². The smallest absolute Gasteiger partial charge is 0.228 e. The molecule has 0 bridgehead atoms. The van der Waals surface area contributed by atoms with Gasteiger partial charge in [-0.05, 0) is 65.2 Å². The van der Waals surface area contributed by atoms with E-state index in [0.29, 0.717) is 29.3 Å². The number of aryl methyl sites for hydroxylation is 3. The van der Waals surface area contributed by atoms with Crippen molar-refractivity contribution < 1.29 is 9.66 Å². The summed E-state index contributed by atoms with van der Waals surface area (Å²) in [4.78, 5) is 18.5. The average Bonchev–Trinajstić information content (AvgIpc) is 3.18. The van der Waals surface area contributed by atoms with Crippen molar-refractivity contribution in [3.05, 3.63) is 23.1 Å². The summed E-state index contributed by atoms with van der Waals surface area (Å²) in [6.45, 7) is 3.85. The summed E-state index contributed by atoms with van der Waals surface area (Å²) in [5, 5.41) is 18.7. The van der Waals surface area contributed by atoms with Crippen molar-refractivity contribution in [1.29, 1.82) is 0 Å². The second-order valence-corrected chi connectivity index (χ2v) is 9.44. The van der Waals surface area contributed by atoms with Crippen LogP contribution in [0.1, 0.15) is 62.5 Å². The van der Waals surface area contributed by atoms with Crippen LogP contribution in [0.2, 0.25) is 0 Å². The Hall–Kier alpha value is -2.30. The summed E-state index contributed by atoms with van der Waals surface area (Å²) in [5.74, 6) is 0.530. The molecule has 0 saturated heterocycles. The van der Waals surface area contributed by atoms with E-state index in [1.165, 1.54) is 0 Å². The van der Waals surface area contributed by atoms with Gasteiger partial charge in [0.2, 0.25) is 11.1 Å². The van der Waals surface area contributed by atoms with Gasteiger partial charge in [0.05, 0.1) is 34.7 Å². The van der Waals surface area contributed by atoms with Gasteiger partial charge >= 0.3 is 0 Å². The highest BCUT2D eigenvalue weighted by molar-refractivity contribution is 7.93. The van der Waals surface area contributed by atoms with Crippen molar-refractivity contribution in [2.75, 3.05) is 5.32 Å². The van der Waals surface area contributed by atoms with Gasteiger partial charge in [-0.2, -0.15) is 14.6 Å². The van der Waals surface area contributed by atoms with Gasteiger partial charge < -0.3 is 15.0 Å². The van der Waals surface area contributed by atoms with Crippen LogP contribution >= 0.6 is 12.0 Å². The van der Waals surface area contributed by atoms with Gasteiger partial charge in [0, 0.05) is 12.1 Å². The van der Waals surface area contributed by atoms with Crippen molar-refractivity contribution in [3.63, 3.8) is 0 Å². The number of hydrogen-bond donors (Lipinski definition) is 3. The molecule has 1 fully saturated rings. The zero-order valence-electron chi connectivity index (χ0n) is 17.8. The Bertz CT molecular complexity index is 1120. The van der Waals surface area contributed by atoms with E-state index in [0.717, 1.165) is 74.1 Å². The highest BCUT2D eigenvalue weighted by Crippen LogP contribution is 2.30. The fraction of sp³-hybridized carbons (Fsp3) is 0.571. The molecule has 0 spiro atoms. The lowest BCUT2D eigenvalue weighted by Gasteiger charge is -2.33. The normalized spacial score (nSPS) is 23.7. The number of rotatable bonds is 4. The monoisotopic (exact) mass is 441 g/mol. The summed E-state index contributed by atoms with van der Waals surface area (Å²) in [6, 6.07) is 2.04. The lowest BCUT2D eigenvalue weighted by Crippen LogP contribution is -2.36. The Kier molecular flexibility index (Phi) is 5.31. The van der Waals surface area contributed by atoms with Crippen LogP contribution in [0, 0.1) is 6.92 Å². The van der Waals surface area contributed by atoms with E-state index >= 15 is 0 Å². The van der Waals surface area contributed by atoms with Crippen molar-refractivity contribution in [1.82, 2.24) is 29.5 Å². The van der Waals surface area contributed by atoms with Crippen molar-refractivity contribution >= 4 is 23.6 Å². The molecule has 3 aromatic rings. The predicted octanol–water partition coefficient (Wildman–Crippen LogP) is 3.44. The van der Waals surface area contributed by atoms with Gasteiger partial charge in [-0.25, -0.2) is 9.97 Å². The largest absolute Gasteiger partial charge is 0.390 e. The number of nitrogens with zero attached hydrogens (tertiary/aromatic N) is 6. The fourth-order valence-electron chi connectivity index (χ4n) is 4.51. The molecule has 0 atom stereocenters. The second kappa shape index (κ2) is 7.99. The first-order valence-corrected chi connectivity index (χ1v) is 11.6. The van der Waals surface area contributed by atoms with E-state index < -0.39 is 5.60 Å². The van der Waals surface area contributed by atoms with Gasteiger partial charge in [-0.15, -0.1) is 0 Å². The molecule has 0 radical (unpaired) electrons. The Labute approximate surface area is 185 Å². The first-order valence-electron chi connectivity index (χ1n) is 10.9. The van der Waals surface area contributed by atoms with E-state index in [4.69, 9.17) is 15.1 Å². The van der Waals surface area contributed by atoms with Crippen LogP contribution < -0.4 is 5.32 Å². The molecule has 5 rings (SSSR count). The van der Waals surface area contributed by atoms with Gasteiger partial charge in [0.15, 0.2) is 5.65 Å². The molecule has 0 aromatic carbocycles. The molecular formula is C21H27N7O2S. The SMILES string of the molecule is Cc1nc2c(nc1-c1cc3nc(SO)nc(NC4CCC(C)(O)CC4)n3n1)CCCC2. The molecule has 9 nitrogen and oxygen atoms in total. The summed E-state index contributed by atoms with van der Waals surface area (Å²) >= 11 is 0.515. The summed E-state index contributed by atoms with van der Waals surface area (Å²) in [5.41, 5.74) is 4.47. The number of aromatic nitrogens is 6. The minimum Gasteiger partial charge on any atom is -0.390 e. The average molecular weight is 442 g/mol. The van der Waals surface area contributed by atoms with Gasteiger partial charge in [-0.3, -0.25) is 4.98 Å². The zero-order chi connectivity index (χ0) is 21.6. The third-order valence-electron chi connectivity index (χ3n) is 6.33. The highest BCUT2D eigenvalue weighted by Gasteiger charge is 2.29. The zero-order valence-corrected chi connectivity index (χ0v) is 18.6. The van der Waals surface area contributed by atoms with Crippen LogP contribution in [0.15, 0.2) is 11.2 Å². The Balaban J connectivity index is 1.51.